The van der Waals surface area contributed by atoms with Crippen molar-refractivity contribution < 1.29 is 15.3 Å². The van der Waals surface area contributed by atoms with Gasteiger partial charge in [0.15, 0.2) is 0 Å². The molecule has 3 heteroatoms. The third kappa shape index (κ3) is 7.78. The van der Waals surface area contributed by atoms with E-state index in [-0.39, 0.29) is 19.3 Å². The minimum absolute atomic E-state index is 0.0567. The molecule has 0 aliphatic rings. The Kier molecular flexibility index (Phi) is 7.89. The lowest BCUT2D eigenvalue weighted by atomic mass is 10.1. The molecule has 3 nitrogen and oxygen atoms in total. The molecule has 0 aliphatic heterocycles. The first-order valence-corrected chi connectivity index (χ1v) is 4.21. The lowest BCUT2D eigenvalue weighted by Gasteiger charge is -2.07. The van der Waals surface area contributed by atoms with Crippen molar-refractivity contribution in [2.24, 2.45) is 0 Å². The molecule has 0 aromatic rings. The SMILES string of the molecule is OCCCCCC(O)CCO. The van der Waals surface area contributed by atoms with Crippen LogP contribution in [0.4, 0.5) is 0 Å². The van der Waals surface area contributed by atoms with E-state index < -0.39 is 0 Å². The fourth-order valence-electron chi connectivity index (χ4n) is 0.962. The molecule has 0 aromatic carbocycles. The van der Waals surface area contributed by atoms with E-state index in [1.807, 2.05) is 0 Å². The number of rotatable bonds is 7. The molecule has 11 heavy (non-hydrogen) atoms. The molecule has 0 rings (SSSR count). The molecule has 0 bridgehead atoms. The maximum Gasteiger partial charge on any atom is 0.0562 e. The van der Waals surface area contributed by atoms with Gasteiger partial charge in [0.25, 0.3) is 0 Å². The van der Waals surface area contributed by atoms with Crippen molar-refractivity contribution in [2.45, 2.75) is 38.2 Å². The Morgan fingerprint density at radius 3 is 2.09 bits per heavy atom. The van der Waals surface area contributed by atoms with Crippen molar-refractivity contribution in [3.8, 4) is 0 Å². The van der Waals surface area contributed by atoms with E-state index >= 15 is 0 Å². The third-order valence-corrected chi connectivity index (χ3v) is 1.66. The van der Waals surface area contributed by atoms with Crippen LogP contribution >= 0.6 is 0 Å². The van der Waals surface area contributed by atoms with Gasteiger partial charge in [0.05, 0.1) is 6.10 Å². The van der Waals surface area contributed by atoms with Gasteiger partial charge >= 0.3 is 0 Å². The van der Waals surface area contributed by atoms with Crippen molar-refractivity contribution in [3.05, 3.63) is 0 Å². The third-order valence-electron chi connectivity index (χ3n) is 1.66. The van der Waals surface area contributed by atoms with Crippen LogP contribution in [0.3, 0.4) is 0 Å². The van der Waals surface area contributed by atoms with Crippen LogP contribution in [0.25, 0.3) is 0 Å². The summed E-state index contributed by atoms with van der Waals surface area (Å²) in [5.74, 6) is 0. The second kappa shape index (κ2) is 7.98. The Bertz CT molecular complexity index is 75.7. The summed E-state index contributed by atoms with van der Waals surface area (Å²) in [5, 5.41) is 26.0. The van der Waals surface area contributed by atoms with Crippen molar-refractivity contribution >= 4 is 0 Å². The fraction of sp³-hybridized carbons (Fsp3) is 1.00. The summed E-state index contributed by atoms with van der Waals surface area (Å²) in [5.41, 5.74) is 0. The van der Waals surface area contributed by atoms with Gasteiger partial charge in [-0.3, -0.25) is 0 Å². The van der Waals surface area contributed by atoms with Gasteiger partial charge in [-0.1, -0.05) is 12.8 Å². The Labute approximate surface area is 67.7 Å². The minimum atomic E-state index is -0.362. The van der Waals surface area contributed by atoms with Crippen LogP contribution in [0, 0.1) is 0 Å². The predicted molar refractivity (Wildman–Crippen MR) is 43.3 cm³/mol. The molecule has 0 amide bonds. The highest BCUT2D eigenvalue weighted by Gasteiger charge is 2.01. The molecule has 0 aromatic heterocycles. The zero-order chi connectivity index (χ0) is 8.53. The number of hydrogen-bond acceptors (Lipinski definition) is 3. The highest BCUT2D eigenvalue weighted by molar-refractivity contribution is 4.54. The molecule has 0 heterocycles. The summed E-state index contributed by atoms with van der Waals surface area (Å²) in [4.78, 5) is 0. The molecule has 0 aliphatic carbocycles. The molecule has 0 saturated carbocycles. The van der Waals surface area contributed by atoms with Crippen molar-refractivity contribution in [3.63, 3.8) is 0 Å². The van der Waals surface area contributed by atoms with Crippen LogP contribution in [0.1, 0.15) is 32.1 Å². The molecular weight excluding hydrogens is 144 g/mol. The van der Waals surface area contributed by atoms with E-state index in [0.717, 1.165) is 25.7 Å². The van der Waals surface area contributed by atoms with Crippen molar-refractivity contribution in [2.75, 3.05) is 13.2 Å². The van der Waals surface area contributed by atoms with E-state index in [2.05, 4.69) is 0 Å². The molecule has 1 unspecified atom stereocenters. The summed E-state index contributed by atoms with van der Waals surface area (Å²) in [7, 11) is 0. The number of hydrogen-bond donors (Lipinski definition) is 3. The second-order valence-corrected chi connectivity index (χ2v) is 2.74. The summed E-state index contributed by atoms with van der Waals surface area (Å²) in [6.07, 6.45) is 3.55. The quantitative estimate of drug-likeness (QED) is 0.471. The molecule has 0 saturated heterocycles. The van der Waals surface area contributed by atoms with Gasteiger partial charge in [-0.25, -0.2) is 0 Å². The van der Waals surface area contributed by atoms with Gasteiger partial charge in [-0.2, -0.15) is 0 Å². The van der Waals surface area contributed by atoms with Crippen LogP contribution < -0.4 is 0 Å². The van der Waals surface area contributed by atoms with Crippen LogP contribution in [0.5, 0.6) is 0 Å². The molecule has 0 radical (unpaired) electrons. The first kappa shape index (κ1) is 10.9. The first-order chi connectivity index (χ1) is 5.31. The van der Waals surface area contributed by atoms with Gasteiger partial charge < -0.3 is 15.3 Å². The maximum absolute atomic E-state index is 9.13. The van der Waals surface area contributed by atoms with Gasteiger partial charge in [0.2, 0.25) is 0 Å². The number of aliphatic hydroxyl groups is 3. The summed E-state index contributed by atoms with van der Waals surface area (Å²) in [6, 6.07) is 0. The Balaban J connectivity index is 2.97. The van der Waals surface area contributed by atoms with Gasteiger partial charge in [-0.05, 0) is 19.3 Å². The van der Waals surface area contributed by atoms with E-state index in [4.69, 9.17) is 15.3 Å². The molecule has 68 valence electrons. The molecule has 0 fully saturated rings. The van der Waals surface area contributed by atoms with E-state index in [0.29, 0.717) is 6.42 Å². The van der Waals surface area contributed by atoms with Crippen molar-refractivity contribution in [1.82, 2.24) is 0 Å². The van der Waals surface area contributed by atoms with Crippen LogP contribution in [0.2, 0.25) is 0 Å². The minimum Gasteiger partial charge on any atom is -0.396 e. The lowest BCUT2D eigenvalue weighted by Crippen LogP contribution is -2.08. The first-order valence-electron chi connectivity index (χ1n) is 4.21. The predicted octanol–water partition coefficient (Wildman–Crippen LogP) is 0.282. The zero-order valence-electron chi connectivity index (χ0n) is 6.87. The standard InChI is InChI=1S/C8H18O3/c9-6-3-1-2-4-8(11)5-7-10/h8-11H,1-7H2. The maximum atomic E-state index is 9.13. The lowest BCUT2D eigenvalue weighted by molar-refractivity contribution is 0.121. The van der Waals surface area contributed by atoms with E-state index in [9.17, 15) is 0 Å². The highest BCUT2D eigenvalue weighted by atomic mass is 16.3. The normalized spacial score (nSPS) is 13.4. The van der Waals surface area contributed by atoms with Gasteiger partial charge in [0, 0.05) is 13.2 Å². The topological polar surface area (TPSA) is 60.7 Å². The van der Waals surface area contributed by atoms with E-state index in [1.54, 1.807) is 0 Å². The summed E-state index contributed by atoms with van der Waals surface area (Å²) >= 11 is 0. The van der Waals surface area contributed by atoms with Crippen LogP contribution in [-0.2, 0) is 0 Å². The molecule has 3 N–H and O–H groups in total. The summed E-state index contributed by atoms with van der Waals surface area (Å²) < 4.78 is 0. The average Bonchev–Trinajstić information content (AvgIpc) is 1.99. The monoisotopic (exact) mass is 162 g/mol. The molecule has 0 spiro atoms. The van der Waals surface area contributed by atoms with E-state index in [1.165, 1.54) is 0 Å². The zero-order valence-corrected chi connectivity index (χ0v) is 6.87. The molecule has 1 atom stereocenters. The smallest absolute Gasteiger partial charge is 0.0562 e. The highest BCUT2D eigenvalue weighted by Crippen LogP contribution is 2.05. The number of aliphatic hydroxyl groups excluding tert-OH is 3. The Morgan fingerprint density at radius 1 is 0.818 bits per heavy atom. The summed E-state index contributed by atoms with van der Waals surface area (Å²) in [6.45, 7) is 0.289. The average molecular weight is 162 g/mol. The fourth-order valence-corrected chi connectivity index (χ4v) is 0.962. The Hall–Kier alpha value is -0.120. The molecular formula is C8H18O3. The number of unbranched alkanes of at least 4 members (excludes halogenated alkanes) is 2. The van der Waals surface area contributed by atoms with Gasteiger partial charge in [-0.15, -0.1) is 0 Å². The second-order valence-electron chi connectivity index (χ2n) is 2.74. The van der Waals surface area contributed by atoms with Gasteiger partial charge in [0.1, 0.15) is 0 Å². The largest absolute Gasteiger partial charge is 0.396 e. The van der Waals surface area contributed by atoms with Crippen LogP contribution in [-0.4, -0.2) is 34.6 Å². The van der Waals surface area contributed by atoms with Crippen molar-refractivity contribution in [1.29, 1.82) is 0 Å². The Morgan fingerprint density at radius 2 is 1.55 bits per heavy atom. The van der Waals surface area contributed by atoms with Crippen LogP contribution in [0.15, 0.2) is 0 Å².